The van der Waals surface area contributed by atoms with Crippen LogP contribution in [0.5, 0.6) is 0 Å². The number of nitrogens with one attached hydrogen (secondary N) is 1. The van der Waals surface area contributed by atoms with E-state index in [1.807, 2.05) is 0 Å². The lowest BCUT2D eigenvalue weighted by molar-refractivity contribution is 0.432. The summed E-state index contributed by atoms with van der Waals surface area (Å²) < 4.78 is 0. The number of rotatable bonds is 6. The van der Waals surface area contributed by atoms with Gasteiger partial charge in [0.05, 0.1) is 0 Å². The van der Waals surface area contributed by atoms with Gasteiger partial charge in [0, 0.05) is 12.1 Å². The van der Waals surface area contributed by atoms with E-state index < -0.39 is 0 Å². The van der Waals surface area contributed by atoms with Crippen LogP contribution in [0, 0.1) is 11.8 Å². The van der Waals surface area contributed by atoms with Crippen molar-refractivity contribution in [3.8, 4) is 0 Å². The van der Waals surface area contributed by atoms with E-state index in [-0.39, 0.29) is 0 Å². The van der Waals surface area contributed by atoms with Crippen LogP contribution in [0.25, 0.3) is 0 Å². The molecular formula is C12H23N. The van der Waals surface area contributed by atoms with Gasteiger partial charge in [-0.15, -0.1) is 0 Å². The molecule has 0 spiro atoms. The highest BCUT2D eigenvalue weighted by molar-refractivity contribution is 4.97. The molecule has 3 atom stereocenters. The lowest BCUT2D eigenvalue weighted by Crippen LogP contribution is -2.33. The largest absolute Gasteiger partial charge is 0.311 e. The quantitative estimate of drug-likeness (QED) is 0.664. The summed E-state index contributed by atoms with van der Waals surface area (Å²) in [7, 11) is 0. The van der Waals surface area contributed by atoms with Crippen LogP contribution in [-0.2, 0) is 0 Å². The third kappa shape index (κ3) is 2.46. The van der Waals surface area contributed by atoms with Crippen molar-refractivity contribution in [1.82, 2.24) is 5.32 Å². The molecule has 2 saturated carbocycles. The fourth-order valence-corrected chi connectivity index (χ4v) is 2.50. The highest BCUT2D eigenvalue weighted by atomic mass is 15.0. The molecule has 3 unspecified atom stereocenters. The van der Waals surface area contributed by atoms with E-state index in [4.69, 9.17) is 0 Å². The van der Waals surface area contributed by atoms with Crippen molar-refractivity contribution in [2.75, 3.05) is 0 Å². The third-order valence-electron chi connectivity index (χ3n) is 3.64. The van der Waals surface area contributed by atoms with Crippen molar-refractivity contribution in [2.24, 2.45) is 11.8 Å². The van der Waals surface area contributed by atoms with E-state index >= 15 is 0 Å². The second-order valence-electron chi connectivity index (χ2n) is 4.91. The average molecular weight is 181 g/mol. The molecule has 76 valence electrons. The Bertz CT molecular complexity index is 163. The molecule has 1 N–H and O–H groups in total. The molecule has 0 aliphatic heterocycles. The highest BCUT2D eigenvalue weighted by Crippen LogP contribution is 2.39. The Morgan fingerprint density at radius 1 is 1.31 bits per heavy atom. The number of hydrogen-bond donors (Lipinski definition) is 1. The monoisotopic (exact) mass is 181 g/mol. The molecule has 0 aromatic heterocycles. The van der Waals surface area contributed by atoms with Gasteiger partial charge in [-0.3, -0.25) is 0 Å². The molecule has 0 radical (unpaired) electrons. The first-order valence-electron chi connectivity index (χ1n) is 6.11. The minimum Gasteiger partial charge on any atom is -0.311 e. The zero-order valence-electron chi connectivity index (χ0n) is 9.05. The number of hydrogen-bond acceptors (Lipinski definition) is 1. The van der Waals surface area contributed by atoms with Crippen LogP contribution in [-0.4, -0.2) is 12.1 Å². The minimum absolute atomic E-state index is 0.854. The Balaban J connectivity index is 1.66. The molecule has 2 aliphatic carbocycles. The maximum absolute atomic E-state index is 3.84. The van der Waals surface area contributed by atoms with Gasteiger partial charge in [0.25, 0.3) is 0 Å². The van der Waals surface area contributed by atoms with Gasteiger partial charge in [0.1, 0.15) is 0 Å². The van der Waals surface area contributed by atoms with Gasteiger partial charge < -0.3 is 5.32 Å². The van der Waals surface area contributed by atoms with Crippen LogP contribution < -0.4 is 5.32 Å². The maximum atomic E-state index is 3.84. The van der Waals surface area contributed by atoms with Crippen molar-refractivity contribution < 1.29 is 0 Å². The average Bonchev–Trinajstić information content (AvgIpc) is 2.95. The van der Waals surface area contributed by atoms with Gasteiger partial charge in [-0.1, -0.05) is 20.3 Å². The molecule has 13 heavy (non-hydrogen) atoms. The summed E-state index contributed by atoms with van der Waals surface area (Å²) in [5.74, 6) is 2.06. The second kappa shape index (κ2) is 4.00. The van der Waals surface area contributed by atoms with E-state index in [2.05, 4.69) is 19.2 Å². The lowest BCUT2D eigenvalue weighted by Gasteiger charge is -2.15. The molecule has 2 fully saturated rings. The first-order valence-corrected chi connectivity index (χ1v) is 6.11. The Hall–Kier alpha value is -0.0400. The van der Waals surface area contributed by atoms with Crippen LogP contribution in [0.4, 0.5) is 0 Å². The van der Waals surface area contributed by atoms with Crippen molar-refractivity contribution in [2.45, 2.75) is 64.5 Å². The molecule has 0 aromatic carbocycles. The van der Waals surface area contributed by atoms with Gasteiger partial charge in [0.2, 0.25) is 0 Å². The third-order valence-corrected chi connectivity index (χ3v) is 3.64. The molecule has 0 amide bonds. The van der Waals surface area contributed by atoms with Crippen LogP contribution in [0.15, 0.2) is 0 Å². The Labute approximate surface area is 82.3 Å². The second-order valence-corrected chi connectivity index (χ2v) is 4.91. The zero-order valence-corrected chi connectivity index (χ0v) is 9.05. The first-order chi connectivity index (χ1) is 6.35. The summed E-state index contributed by atoms with van der Waals surface area (Å²) >= 11 is 0. The normalized spacial score (nSPS) is 34.6. The van der Waals surface area contributed by atoms with E-state index in [1.165, 1.54) is 38.5 Å². The lowest BCUT2D eigenvalue weighted by atomic mass is 10.1. The summed E-state index contributed by atoms with van der Waals surface area (Å²) in [6.07, 6.45) is 8.56. The predicted octanol–water partition coefficient (Wildman–Crippen LogP) is 2.95. The molecule has 0 aromatic rings. The van der Waals surface area contributed by atoms with Gasteiger partial charge in [0.15, 0.2) is 0 Å². The van der Waals surface area contributed by atoms with E-state index in [0.29, 0.717) is 0 Å². The Morgan fingerprint density at radius 3 is 2.62 bits per heavy atom. The van der Waals surface area contributed by atoms with Gasteiger partial charge in [-0.2, -0.15) is 0 Å². The van der Waals surface area contributed by atoms with E-state index in [9.17, 15) is 0 Å². The standard InChI is InChI=1S/C12H23N/c1-3-5-10-8-12(10)13-11(4-2)9-6-7-9/h9-13H,3-8H2,1-2H3. The molecular weight excluding hydrogens is 158 g/mol. The summed E-state index contributed by atoms with van der Waals surface area (Å²) in [5, 5.41) is 3.84. The molecule has 2 rings (SSSR count). The smallest absolute Gasteiger partial charge is 0.0102 e. The maximum Gasteiger partial charge on any atom is 0.0102 e. The zero-order chi connectivity index (χ0) is 9.26. The molecule has 1 heteroatoms. The topological polar surface area (TPSA) is 12.0 Å². The fraction of sp³-hybridized carbons (Fsp3) is 1.00. The van der Waals surface area contributed by atoms with Crippen molar-refractivity contribution in [3.63, 3.8) is 0 Å². The molecule has 0 bridgehead atoms. The summed E-state index contributed by atoms with van der Waals surface area (Å²) in [5.41, 5.74) is 0. The van der Waals surface area contributed by atoms with Crippen LogP contribution in [0.3, 0.4) is 0 Å². The Morgan fingerprint density at radius 2 is 2.08 bits per heavy atom. The molecule has 1 nitrogen and oxygen atoms in total. The highest BCUT2D eigenvalue weighted by Gasteiger charge is 2.40. The molecule has 0 heterocycles. The summed E-state index contributed by atoms with van der Waals surface area (Å²) in [6, 6.07) is 1.75. The van der Waals surface area contributed by atoms with Crippen molar-refractivity contribution in [1.29, 1.82) is 0 Å². The Kier molecular flexibility index (Phi) is 2.92. The van der Waals surface area contributed by atoms with Gasteiger partial charge in [-0.05, 0) is 43.9 Å². The van der Waals surface area contributed by atoms with Gasteiger partial charge in [-0.25, -0.2) is 0 Å². The van der Waals surface area contributed by atoms with Crippen molar-refractivity contribution >= 4 is 0 Å². The fourth-order valence-electron chi connectivity index (χ4n) is 2.50. The van der Waals surface area contributed by atoms with Crippen LogP contribution in [0.1, 0.15) is 52.4 Å². The summed E-state index contributed by atoms with van der Waals surface area (Å²) in [6.45, 7) is 4.63. The van der Waals surface area contributed by atoms with E-state index in [1.54, 1.807) is 0 Å². The SMILES string of the molecule is CCCC1CC1NC(CC)C1CC1. The van der Waals surface area contributed by atoms with Crippen LogP contribution >= 0.6 is 0 Å². The molecule has 2 aliphatic rings. The first kappa shape index (κ1) is 9.51. The predicted molar refractivity (Wildman–Crippen MR) is 56.7 cm³/mol. The van der Waals surface area contributed by atoms with E-state index in [0.717, 1.165) is 23.9 Å². The van der Waals surface area contributed by atoms with Crippen LogP contribution in [0.2, 0.25) is 0 Å². The van der Waals surface area contributed by atoms with Gasteiger partial charge >= 0.3 is 0 Å². The minimum atomic E-state index is 0.854. The molecule has 0 saturated heterocycles. The summed E-state index contributed by atoms with van der Waals surface area (Å²) in [4.78, 5) is 0. The van der Waals surface area contributed by atoms with Crippen molar-refractivity contribution in [3.05, 3.63) is 0 Å².